The van der Waals surface area contributed by atoms with Gasteiger partial charge in [0.2, 0.25) is 0 Å². The topological polar surface area (TPSA) is 64.9 Å². The highest BCUT2D eigenvalue weighted by atomic mass is 19.4. The SMILES string of the molecule is CN/C=C(/C#N)C(=O)Nc1cccc(C(F)(F)F)c1. The second-order valence-corrected chi connectivity index (χ2v) is 3.49. The molecule has 7 heteroatoms. The van der Waals surface area contributed by atoms with Gasteiger partial charge in [0.15, 0.2) is 0 Å². The molecule has 1 aromatic rings. The van der Waals surface area contributed by atoms with Gasteiger partial charge in [-0.3, -0.25) is 4.79 Å². The Hall–Kier alpha value is -2.49. The molecule has 100 valence electrons. The quantitative estimate of drug-likeness (QED) is 0.653. The monoisotopic (exact) mass is 269 g/mol. The molecule has 0 bridgehead atoms. The molecule has 0 radical (unpaired) electrons. The number of amides is 1. The smallest absolute Gasteiger partial charge is 0.393 e. The zero-order chi connectivity index (χ0) is 14.5. The molecular formula is C12H10F3N3O. The number of alkyl halides is 3. The molecular weight excluding hydrogens is 259 g/mol. The van der Waals surface area contributed by atoms with Crippen LogP contribution in [0, 0.1) is 11.3 Å². The van der Waals surface area contributed by atoms with Crippen molar-refractivity contribution in [3.05, 3.63) is 41.6 Å². The minimum atomic E-state index is -4.49. The van der Waals surface area contributed by atoms with Gasteiger partial charge in [0.1, 0.15) is 11.6 Å². The fourth-order valence-corrected chi connectivity index (χ4v) is 1.26. The highest BCUT2D eigenvalue weighted by Crippen LogP contribution is 2.30. The Morgan fingerprint density at radius 1 is 1.42 bits per heavy atom. The van der Waals surface area contributed by atoms with E-state index >= 15 is 0 Å². The fraction of sp³-hybridized carbons (Fsp3) is 0.167. The zero-order valence-electron chi connectivity index (χ0n) is 9.88. The second kappa shape index (κ2) is 5.91. The Labute approximate surface area is 107 Å². The predicted molar refractivity (Wildman–Crippen MR) is 62.8 cm³/mol. The molecule has 0 atom stereocenters. The van der Waals surface area contributed by atoms with Crippen molar-refractivity contribution in [2.75, 3.05) is 12.4 Å². The van der Waals surface area contributed by atoms with Gasteiger partial charge in [-0.15, -0.1) is 0 Å². The number of nitriles is 1. The first kappa shape index (κ1) is 14.6. The molecule has 0 aliphatic heterocycles. The lowest BCUT2D eigenvalue weighted by atomic mass is 10.2. The molecule has 2 N–H and O–H groups in total. The molecule has 0 unspecified atom stereocenters. The van der Waals surface area contributed by atoms with E-state index in [1.54, 1.807) is 6.07 Å². The first-order chi connectivity index (χ1) is 8.88. The van der Waals surface area contributed by atoms with Crippen molar-refractivity contribution in [3.8, 4) is 6.07 Å². The minimum absolute atomic E-state index is 0.0305. The van der Waals surface area contributed by atoms with E-state index in [-0.39, 0.29) is 11.3 Å². The number of benzene rings is 1. The van der Waals surface area contributed by atoms with E-state index in [0.29, 0.717) is 0 Å². The zero-order valence-corrected chi connectivity index (χ0v) is 9.88. The van der Waals surface area contributed by atoms with E-state index in [1.807, 2.05) is 0 Å². The van der Waals surface area contributed by atoms with Crippen LogP contribution in [-0.2, 0) is 11.0 Å². The van der Waals surface area contributed by atoms with E-state index in [1.165, 1.54) is 19.2 Å². The largest absolute Gasteiger partial charge is 0.416 e. The summed E-state index contributed by atoms with van der Waals surface area (Å²) in [6.07, 6.45) is -3.33. The van der Waals surface area contributed by atoms with Gasteiger partial charge in [0.25, 0.3) is 5.91 Å². The van der Waals surface area contributed by atoms with Crippen molar-refractivity contribution < 1.29 is 18.0 Å². The number of carbonyl (C=O) groups excluding carboxylic acids is 1. The summed E-state index contributed by atoms with van der Waals surface area (Å²) in [6, 6.07) is 5.80. The number of rotatable bonds is 3. The lowest BCUT2D eigenvalue weighted by molar-refractivity contribution is -0.137. The first-order valence-electron chi connectivity index (χ1n) is 5.14. The molecule has 1 rings (SSSR count). The Morgan fingerprint density at radius 2 is 2.11 bits per heavy atom. The molecule has 19 heavy (non-hydrogen) atoms. The summed E-state index contributed by atoms with van der Waals surface area (Å²) in [6.45, 7) is 0. The van der Waals surface area contributed by atoms with Crippen molar-refractivity contribution in [2.24, 2.45) is 0 Å². The van der Waals surface area contributed by atoms with Gasteiger partial charge in [0.05, 0.1) is 5.56 Å². The summed E-state index contributed by atoms with van der Waals surface area (Å²) in [5, 5.41) is 13.4. The van der Waals surface area contributed by atoms with Crippen LogP contribution in [0.2, 0.25) is 0 Å². The Balaban J connectivity index is 2.93. The molecule has 0 aliphatic carbocycles. The lowest BCUT2D eigenvalue weighted by Crippen LogP contribution is -2.16. The predicted octanol–water partition coefficient (Wildman–Crippen LogP) is 2.27. The van der Waals surface area contributed by atoms with Gasteiger partial charge in [-0.25, -0.2) is 0 Å². The van der Waals surface area contributed by atoms with Crippen LogP contribution in [0.1, 0.15) is 5.56 Å². The number of nitrogens with one attached hydrogen (secondary N) is 2. The van der Waals surface area contributed by atoms with Crippen LogP contribution in [0.4, 0.5) is 18.9 Å². The molecule has 4 nitrogen and oxygen atoms in total. The lowest BCUT2D eigenvalue weighted by Gasteiger charge is -2.09. The third kappa shape index (κ3) is 4.03. The minimum Gasteiger partial charge on any atom is -0.393 e. The normalized spacial score (nSPS) is 11.6. The van der Waals surface area contributed by atoms with Gasteiger partial charge >= 0.3 is 6.18 Å². The average molecular weight is 269 g/mol. The van der Waals surface area contributed by atoms with Gasteiger partial charge < -0.3 is 10.6 Å². The van der Waals surface area contributed by atoms with Gasteiger partial charge in [-0.05, 0) is 18.2 Å². The van der Waals surface area contributed by atoms with Crippen LogP contribution < -0.4 is 10.6 Å². The summed E-state index contributed by atoms with van der Waals surface area (Å²) in [4.78, 5) is 11.6. The maximum atomic E-state index is 12.5. The summed E-state index contributed by atoms with van der Waals surface area (Å²) < 4.78 is 37.4. The average Bonchev–Trinajstić information content (AvgIpc) is 2.35. The van der Waals surface area contributed by atoms with Crippen LogP contribution in [0.15, 0.2) is 36.0 Å². The number of hydrogen-bond donors (Lipinski definition) is 2. The molecule has 1 amide bonds. The maximum absolute atomic E-state index is 12.5. The van der Waals surface area contributed by atoms with Crippen molar-refractivity contribution in [3.63, 3.8) is 0 Å². The third-order valence-electron chi connectivity index (χ3n) is 2.10. The van der Waals surface area contributed by atoms with Crippen LogP contribution >= 0.6 is 0 Å². The van der Waals surface area contributed by atoms with Crippen LogP contribution in [-0.4, -0.2) is 13.0 Å². The number of halogens is 3. The van der Waals surface area contributed by atoms with Gasteiger partial charge in [-0.2, -0.15) is 18.4 Å². The Bertz CT molecular complexity index is 544. The Kier molecular flexibility index (Phi) is 4.53. The summed E-state index contributed by atoms with van der Waals surface area (Å²) in [5.74, 6) is -0.781. The van der Waals surface area contributed by atoms with Crippen LogP contribution in [0.3, 0.4) is 0 Å². The third-order valence-corrected chi connectivity index (χ3v) is 2.10. The number of carbonyl (C=O) groups is 1. The Morgan fingerprint density at radius 3 is 2.63 bits per heavy atom. The summed E-state index contributed by atoms with van der Waals surface area (Å²) in [7, 11) is 1.49. The number of anilines is 1. The molecule has 0 spiro atoms. The molecule has 0 saturated carbocycles. The van der Waals surface area contributed by atoms with E-state index in [0.717, 1.165) is 18.3 Å². The van der Waals surface area contributed by atoms with Crippen molar-refractivity contribution in [1.82, 2.24) is 5.32 Å². The van der Waals surface area contributed by atoms with Crippen molar-refractivity contribution >= 4 is 11.6 Å². The standard InChI is InChI=1S/C12H10F3N3O/c1-17-7-8(6-16)11(19)18-10-4-2-3-9(5-10)12(13,14)15/h2-5,7,17H,1H3,(H,18,19)/b8-7-. The molecule has 0 aromatic heterocycles. The molecule has 0 aliphatic rings. The van der Waals surface area contributed by atoms with E-state index in [2.05, 4.69) is 10.6 Å². The van der Waals surface area contributed by atoms with Crippen molar-refractivity contribution in [1.29, 1.82) is 5.26 Å². The molecule has 0 saturated heterocycles. The fourth-order valence-electron chi connectivity index (χ4n) is 1.26. The number of hydrogen-bond acceptors (Lipinski definition) is 3. The van der Waals surface area contributed by atoms with Crippen LogP contribution in [0.25, 0.3) is 0 Å². The highest BCUT2D eigenvalue weighted by Gasteiger charge is 2.30. The van der Waals surface area contributed by atoms with E-state index < -0.39 is 17.6 Å². The van der Waals surface area contributed by atoms with Crippen molar-refractivity contribution in [2.45, 2.75) is 6.18 Å². The maximum Gasteiger partial charge on any atom is 0.416 e. The highest BCUT2D eigenvalue weighted by molar-refractivity contribution is 6.06. The molecule has 1 aromatic carbocycles. The molecule has 0 heterocycles. The summed E-state index contributed by atoms with van der Waals surface area (Å²) in [5.41, 5.74) is -1.14. The van der Waals surface area contributed by atoms with E-state index in [4.69, 9.17) is 5.26 Å². The summed E-state index contributed by atoms with van der Waals surface area (Å²) >= 11 is 0. The number of nitrogens with zero attached hydrogens (tertiary/aromatic N) is 1. The molecule has 0 fully saturated rings. The van der Waals surface area contributed by atoms with Gasteiger partial charge in [0, 0.05) is 18.9 Å². The van der Waals surface area contributed by atoms with Gasteiger partial charge in [-0.1, -0.05) is 6.07 Å². The van der Waals surface area contributed by atoms with Crippen LogP contribution in [0.5, 0.6) is 0 Å². The first-order valence-corrected chi connectivity index (χ1v) is 5.14. The second-order valence-electron chi connectivity index (χ2n) is 3.49. The van der Waals surface area contributed by atoms with E-state index in [9.17, 15) is 18.0 Å².